The number of carbonyl (C=O) groups excluding carboxylic acids is 1. The van der Waals surface area contributed by atoms with Crippen LogP contribution in [0.5, 0.6) is 0 Å². The third kappa shape index (κ3) is 4.34. The fourth-order valence-electron chi connectivity index (χ4n) is 1.13. The van der Waals surface area contributed by atoms with Gasteiger partial charge in [-0.2, -0.15) is 0 Å². The van der Waals surface area contributed by atoms with Crippen LogP contribution in [0.2, 0.25) is 0 Å². The smallest absolute Gasteiger partial charge is 0.411 e. The molecule has 0 bridgehead atoms. The molecule has 1 atom stereocenters. The largest absolute Gasteiger partial charge is 0.449 e. The quantitative estimate of drug-likeness (QED) is 0.842. The molecule has 3 heteroatoms. The second-order valence-electron chi connectivity index (χ2n) is 4.10. The van der Waals surface area contributed by atoms with Crippen LogP contribution in [0.4, 0.5) is 10.5 Å². The minimum atomic E-state index is -0.385. The topological polar surface area (TPSA) is 38.3 Å². The summed E-state index contributed by atoms with van der Waals surface area (Å²) >= 11 is 0. The van der Waals surface area contributed by atoms with Crippen LogP contribution in [0.15, 0.2) is 24.3 Å². The lowest BCUT2D eigenvalue weighted by Crippen LogP contribution is -2.17. The molecular formula is C13H21NO2. The van der Waals surface area contributed by atoms with Crippen LogP contribution in [-0.4, -0.2) is 12.7 Å². The lowest BCUT2D eigenvalue weighted by molar-refractivity contribution is 0.143. The molecule has 1 aromatic carbocycles. The highest BCUT2D eigenvalue weighted by Gasteiger charge is 2.05. The second-order valence-corrected chi connectivity index (χ2v) is 4.10. The summed E-state index contributed by atoms with van der Waals surface area (Å²) in [6, 6.07) is 7.62. The van der Waals surface area contributed by atoms with Crippen LogP contribution in [0, 0.1) is 12.8 Å². The van der Waals surface area contributed by atoms with Gasteiger partial charge in [0.1, 0.15) is 0 Å². The molecule has 0 aliphatic rings. The average molecular weight is 223 g/mol. The van der Waals surface area contributed by atoms with Crippen LogP contribution in [0.25, 0.3) is 0 Å². The van der Waals surface area contributed by atoms with Crippen LogP contribution in [0.3, 0.4) is 0 Å². The van der Waals surface area contributed by atoms with Gasteiger partial charge in [0, 0.05) is 7.11 Å². The number of hydrogen-bond donors (Lipinski definition) is 1. The molecule has 3 nitrogen and oxygen atoms in total. The first kappa shape index (κ1) is 12.6. The maximum absolute atomic E-state index is 11.4. The van der Waals surface area contributed by atoms with E-state index in [4.69, 9.17) is 4.74 Å². The molecule has 0 fully saturated rings. The SMILES string of the molecule is CC[C@@H](C)COC(=O)Nc1ccc(C)cc1.[HH]. The first-order valence-corrected chi connectivity index (χ1v) is 5.62. The molecule has 0 aliphatic heterocycles. The number of ether oxygens (including phenoxy) is 1. The summed E-state index contributed by atoms with van der Waals surface area (Å²) in [6.07, 6.45) is 0.627. The van der Waals surface area contributed by atoms with Crippen molar-refractivity contribution in [3.05, 3.63) is 29.8 Å². The Morgan fingerprint density at radius 1 is 1.44 bits per heavy atom. The third-order valence-corrected chi connectivity index (χ3v) is 2.49. The monoisotopic (exact) mass is 223 g/mol. The molecular weight excluding hydrogens is 202 g/mol. The van der Waals surface area contributed by atoms with E-state index < -0.39 is 0 Å². The van der Waals surface area contributed by atoms with Crippen LogP contribution in [0.1, 0.15) is 27.3 Å². The number of rotatable bonds is 4. The Balaban J connectivity index is 0.00000256. The van der Waals surface area contributed by atoms with Gasteiger partial charge in [-0.05, 0) is 25.0 Å². The Kier molecular flexibility index (Phi) is 4.83. The van der Waals surface area contributed by atoms with Crippen molar-refractivity contribution in [1.82, 2.24) is 0 Å². The van der Waals surface area contributed by atoms with Crippen molar-refractivity contribution in [3.63, 3.8) is 0 Å². The number of hydrogen-bond acceptors (Lipinski definition) is 2. The minimum absolute atomic E-state index is 0. The van der Waals surface area contributed by atoms with Crippen molar-refractivity contribution in [2.24, 2.45) is 5.92 Å². The molecule has 0 saturated carbocycles. The van der Waals surface area contributed by atoms with Gasteiger partial charge < -0.3 is 4.74 Å². The number of benzene rings is 1. The fraction of sp³-hybridized carbons (Fsp3) is 0.462. The molecule has 16 heavy (non-hydrogen) atoms. The van der Waals surface area contributed by atoms with E-state index in [1.54, 1.807) is 0 Å². The van der Waals surface area contributed by atoms with E-state index in [-0.39, 0.29) is 7.52 Å². The van der Waals surface area contributed by atoms with Crippen molar-refractivity contribution in [1.29, 1.82) is 0 Å². The predicted molar refractivity (Wildman–Crippen MR) is 67.7 cm³/mol. The van der Waals surface area contributed by atoms with E-state index >= 15 is 0 Å². The van der Waals surface area contributed by atoms with Gasteiger partial charge in [-0.1, -0.05) is 38.0 Å². The van der Waals surface area contributed by atoms with E-state index in [9.17, 15) is 4.79 Å². The third-order valence-electron chi connectivity index (χ3n) is 2.49. The Morgan fingerprint density at radius 3 is 2.62 bits per heavy atom. The van der Waals surface area contributed by atoms with Crippen molar-refractivity contribution < 1.29 is 11.0 Å². The zero-order chi connectivity index (χ0) is 12.0. The molecule has 90 valence electrons. The fourth-order valence-corrected chi connectivity index (χ4v) is 1.13. The van der Waals surface area contributed by atoms with Gasteiger partial charge in [0.05, 0.1) is 6.61 Å². The summed E-state index contributed by atoms with van der Waals surface area (Å²) in [5.74, 6) is 0.406. The zero-order valence-electron chi connectivity index (χ0n) is 10.1. The van der Waals surface area contributed by atoms with Crippen LogP contribution in [-0.2, 0) is 4.74 Å². The van der Waals surface area contributed by atoms with Crippen LogP contribution < -0.4 is 5.32 Å². The van der Waals surface area contributed by atoms with E-state index in [0.717, 1.165) is 12.1 Å². The number of anilines is 1. The summed E-state index contributed by atoms with van der Waals surface area (Å²) in [6.45, 7) is 6.60. The summed E-state index contributed by atoms with van der Waals surface area (Å²) in [5.41, 5.74) is 1.93. The normalized spacial score (nSPS) is 11.9. The number of nitrogens with one attached hydrogen (secondary N) is 1. The van der Waals surface area contributed by atoms with E-state index in [0.29, 0.717) is 12.5 Å². The van der Waals surface area contributed by atoms with Gasteiger partial charge in [0.25, 0.3) is 0 Å². The van der Waals surface area contributed by atoms with E-state index in [1.807, 2.05) is 31.2 Å². The molecule has 0 heterocycles. The Labute approximate surface area is 98.3 Å². The van der Waals surface area contributed by atoms with Gasteiger partial charge in [0.2, 0.25) is 0 Å². The summed E-state index contributed by atoms with van der Waals surface area (Å²) in [4.78, 5) is 11.4. The molecule has 1 amide bonds. The number of carbonyl (C=O) groups is 1. The van der Waals surface area contributed by atoms with Crippen molar-refractivity contribution in [2.45, 2.75) is 27.2 Å². The first-order valence-electron chi connectivity index (χ1n) is 5.62. The van der Waals surface area contributed by atoms with Gasteiger partial charge >= 0.3 is 6.09 Å². The lowest BCUT2D eigenvalue weighted by atomic mass is 10.1. The van der Waals surface area contributed by atoms with Gasteiger partial charge in [-0.3, -0.25) is 5.32 Å². The highest BCUT2D eigenvalue weighted by Crippen LogP contribution is 2.09. The van der Waals surface area contributed by atoms with Crippen molar-refractivity contribution in [2.75, 3.05) is 11.9 Å². The molecule has 1 N–H and O–H groups in total. The Morgan fingerprint density at radius 2 is 2.06 bits per heavy atom. The van der Waals surface area contributed by atoms with Gasteiger partial charge in [-0.25, -0.2) is 4.79 Å². The molecule has 0 aliphatic carbocycles. The standard InChI is InChI=1S/C13H19NO2.H2/c1-4-10(2)9-16-13(15)14-12-7-5-11(3)6-8-12;/h5-8,10H,4,9H2,1-3H3,(H,14,15);1H/t10-;/m1./s1. The Hall–Kier alpha value is -1.51. The van der Waals surface area contributed by atoms with E-state index in [1.165, 1.54) is 5.56 Å². The molecule has 0 aromatic heterocycles. The number of aryl methyl sites for hydroxylation is 1. The molecule has 0 radical (unpaired) electrons. The highest BCUT2D eigenvalue weighted by atomic mass is 16.5. The van der Waals surface area contributed by atoms with Crippen LogP contribution >= 0.6 is 0 Å². The summed E-state index contributed by atoms with van der Waals surface area (Å²) < 4.78 is 5.08. The lowest BCUT2D eigenvalue weighted by Gasteiger charge is -2.10. The van der Waals surface area contributed by atoms with Crippen molar-refractivity contribution in [3.8, 4) is 0 Å². The number of amides is 1. The summed E-state index contributed by atoms with van der Waals surface area (Å²) in [5, 5.41) is 2.69. The highest BCUT2D eigenvalue weighted by molar-refractivity contribution is 5.84. The zero-order valence-corrected chi connectivity index (χ0v) is 10.1. The minimum Gasteiger partial charge on any atom is -0.449 e. The summed E-state index contributed by atoms with van der Waals surface area (Å²) in [7, 11) is 0. The molecule has 0 spiro atoms. The van der Waals surface area contributed by atoms with Gasteiger partial charge in [0.15, 0.2) is 0 Å². The second kappa shape index (κ2) is 6.16. The maximum Gasteiger partial charge on any atom is 0.411 e. The molecule has 0 unspecified atom stereocenters. The molecule has 1 rings (SSSR count). The van der Waals surface area contributed by atoms with Gasteiger partial charge in [-0.15, -0.1) is 0 Å². The molecule has 0 saturated heterocycles. The van der Waals surface area contributed by atoms with E-state index in [2.05, 4.69) is 19.2 Å². The first-order chi connectivity index (χ1) is 7.61. The van der Waals surface area contributed by atoms with Crippen molar-refractivity contribution >= 4 is 11.8 Å². The maximum atomic E-state index is 11.4. The predicted octanol–water partition coefficient (Wildman–Crippen LogP) is 3.84. The average Bonchev–Trinajstić information content (AvgIpc) is 2.29. The molecule has 1 aromatic rings. The Bertz CT molecular complexity index is 338.